The van der Waals surface area contributed by atoms with Gasteiger partial charge in [-0.1, -0.05) is 26.2 Å². The Morgan fingerprint density at radius 2 is 2.06 bits per heavy atom. The predicted octanol–water partition coefficient (Wildman–Crippen LogP) is 2.18. The van der Waals surface area contributed by atoms with Gasteiger partial charge in [-0.3, -0.25) is 4.79 Å². The summed E-state index contributed by atoms with van der Waals surface area (Å²) in [6, 6.07) is 0. The summed E-state index contributed by atoms with van der Waals surface area (Å²) < 4.78 is 5.77. The molecular weight excluding hydrogens is 218 g/mol. The van der Waals surface area contributed by atoms with Crippen molar-refractivity contribution in [2.45, 2.75) is 64.0 Å². The lowest BCUT2D eigenvalue weighted by molar-refractivity contribution is -0.145. The van der Waals surface area contributed by atoms with Crippen molar-refractivity contribution in [3.8, 4) is 0 Å². The fourth-order valence-corrected chi connectivity index (χ4v) is 2.32. The zero-order valence-corrected chi connectivity index (χ0v) is 11.0. The molecule has 0 aromatic heterocycles. The lowest BCUT2D eigenvalue weighted by Crippen LogP contribution is -2.50. The molecule has 1 atom stereocenters. The van der Waals surface area contributed by atoms with Crippen LogP contribution >= 0.6 is 0 Å². The standard InChI is InChI=1S/C13H25NO3/c1-3-14-13(2,12(15)16)9-10-17-11-7-5-4-6-8-11/h11,14H,3-10H2,1-2H3,(H,15,16). The fraction of sp³-hybridized carbons (Fsp3) is 0.923. The van der Waals surface area contributed by atoms with Crippen LogP contribution in [0.3, 0.4) is 0 Å². The Labute approximate surface area is 104 Å². The summed E-state index contributed by atoms with van der Waals surface area (Å²) in [6.45, 7) is 4.83. The summed E-state index contributed by atoms with van der Waals surface area (Å²) in [5.74, 6) is -0.799. The molecule has 2 N–H and O–H groups in total. The van der Waals surface area contributed by atoms with Gasteiger partial charge in [0.15, 0.2) is 0 Å². The van der Waals surface area contributed by atoms with Gasteiger partial charge in [0.25, 0.3) is 0 Å². The Morgan fingerprint density at radius 1 is 1.41 bits per heavy atom. The van der Waals surface area contributed by atoms with Crippen LogP contribution in [0, 0.1) is 0 Å². The first kappa shape index (κ1) is 14.5. The largest absolute Gasteiger partial charge is 0.480 e. The molecule has 1 rings (SSSR count). The van der Waals surface area contributed by atoms with Crippen LogP contribution in [0.2, 0.25) is 0 Å². The van der Waals surface area contributed by atoms with Crippen molar-refractivity contribution in [1.29, 1.82) is 0 Å². The van der Waals surface area contributed by atoms with Gasteiger partial charge in [-0.15, -0.1) is 0 Å². The van der Waals surface area contributed by atoms with E-state index in [-0.39, 0.29) is 0 Å². The summed E-state index contributed by atoms with van der Waals surface area (Å²) in [7, 11) is 0. The van der Waals surface area contributed by atoms with E-state index in [9.17, 15) is 9.90 Å². The van der Waals surface area contributed by atoms with E-state index in [0.29, 0.717) is 25.7 Å². The van der Waals surface area contributed by atoms with Gasteiger partial charge in [-0.05, 0) is 32.7 Å². The molecule has 17 heavy (non-hydrogen) atoms. The topological polar surface area (TPSA) is 58.6 Å². The maximum Gasteiger partial charge on any atom is 0.323 e. The van der Waals surface area contributed by atoms with E-state index in [2.05, 4.69) is 5.32 Å². The SMILES string of the molecule is CCNC(C)(CCOC1CCCCC1)C(=O)O. The van der Waals surface area contributed by atoms with E-state index in [4.69, 9.17) is 4.74 Å². The number of rotatable bonds is 7. The number of carboxylic acids is 1. The van der Waals surface area contributed by atoms with Crippen molar-refractivity contribution in [3.63, 3.8) is 0 Å². The zero-order valence-electron chi connectivity index (χ0n) is 11.0. The van der Waals surface area contributed by atoms with Gasteiger partial charge in [0, 0.05) is 6.61 Å². The Balaban J connectivity index is 2.28. The first-order chi connectivity index (χ1) is 8.08. The van der Waals surface area contributed by atoms with Crippen LogP contribution in [-0.4, -0.2) is 35.9 Å². The van der Waals surface area contributed by atoms with E-state index in [1.54, 1.807) is 6.92 Å². The number of likely N-dealkylation sites (N-methyl/N-ethyl adjacent to an activating group) is 1. The molecule has 4 heteroatoms. The molecule has 1 fully saturated rings. The molecule has 1 aliphatic rings. The van der Waals surface area contributed by atoms with Gasteiger partial charge in [0.1, 0.15) is 5.54 Å². The van der Waals surface area contributed by atoms with Crippen LogP contribution in [0.4, 0.5) is 0 Å². The van der Waals surface area contributed by atoms with Crippen LogP contribution in [-0.2, 0) is 9.53 Å². The minimum absolute atomic E-state index is 0.350. The van der Waals surface area contributed by atoms with Crippen molar-refractivity contribution >= 4 is 5.97 Å². The van der Waals surface area contributed by atoms with Gasteiger partial charge < -0.3 is 15.2 Å². The van der Waals surface area contributed by atoms with Crippen LogP contribution in [0.25, 0.3) is 0 Å². The molecular formula is C13H25NO3. The third-order valence-electron chi connectivity index (χ3n) is 3.55. The maximum atomic E-state index is 11.2. The third kappa shape index (κ3) is 4.64. The second kappa shape index (κ2) is 6.97. The Hall–Kier alpha value is -0.610. The van der Waals surface area contributed by atoms with E-state index in [1.807, 2.05) is 6.92 Å². The summed E-state index contributed by atoms with van der Waals surface area (Å²) in [5, 5.41) is 12.2. The monoisotopic (exact) mass is 243 g/mol. The van der Waals surface area contributed by atoms with Gasteiger partial charge >= 0.3 is 5.97 Å². The Kier molecular flexibility index (Phi) is 5.92. The van der Waals surface area contributed by atoms with E-state index >= 15 is 0 Å². The van der Waals surface area contributed by atoms with Gasteiger partial charge in [0.2, 0.25) is 0 Å². The minimum Gasteiger partial charge on any atom is -0.480 e. The van der Waals surface area contributed by atoms with E-state index in [0.717, 1.165) is 12.8 Å². The highest BCUT2D eigenvalue weighted by atomic mass is 16.5. The lowest BCUT2D eigenvalue weighted by Gasteiger charge is -2.28. The number of ether oxygens (including phenoxy) is 1. The molecule has 4 nitrogen and oxygen atoms in total. The molecule has 0 radical (unpaired) electrons. The fourth-order valence-electron chi connectivity index (χ4n) is 2.32. The summed E-state index contributed by atoms with van der Waals surface area (Å²) in [5.41, 5.74) is -0.858. The second-order valence-electron chi connectivity index (χ2n) is 5.05. The molecule has 1 aliphatic carbocycles. The summed E-state index contributed by atoms with van der Waals surface area (Å²) >= 11 is 0. The number of carboxylic acid groups (broad SMARTS) is 1. The van der Waals surface area contributed by atoms with Crippen molar-refractivity contribution in [1.82, 2.24) is 5.32 Å². The first-order valence-corrected chi connectivity index (χ1v) is 6.68. The Bertz CT molecular complexity index is 239. The number of hydrogen-bond acceptors (Lipinski definition) is 3. The normalized spacial score (nSPS) is 21.1. The highest BCUT2D eigenvalue weighted by Gasteiger charge is 2.31. The van der Waals surface area contributed by atoms with E-state index < -0.39 is 11.5 Å². The Morgan fingerprint density at radius 3 is 2.59 bits per heavy atom. The number of nitrogens with one attached hydrogen (secondary N) is 1. The molecule has 0 aromatic carbocycles. The smallest absolute Gasteiger partial charge is 0.323 e. The van der Waals surface area contributed by atoms with Crippen molar-refractivity contribution < 1.29 is 14.6 Å². The highest BCUT2D eigenvalue weighted by Crippen LogP contribution is 2.21. The number of hydrogen-bond donors (Lipinski definition) is 2. The summed E-state index contributed by atoms with van der Waals surface area (Å²) in [6.07, 6.45) is 6.93. The van der Waals surface area contributed by atoms with Gasteiger partial charge in [0.05, 0.1) is 6.10 Å². The number of carbonyl (C=O) groups is 1. The average Bonchev–Trinajstić information content (AvgIpc) is 2.30. The molecule has 0 saturated heterocycles. The minimum atomic E-state index is -0.858. The first-order valence-electron chi connectivity index (χ1n) is 6.68. The molecule has 100 valence electrons. The molecule has 0 aliphatic heterocycles. The zero-order chi connectivity index (χ0) is 12.7. The van der Waals surface area contributed by atoms with Crippen LogP contribution in [0.5, 0.6) is 0 Å². The van der Waals surface area contributed by atoms with Crippen LogP contribution in [0.1, 0.15) is 52.4 Å². The highest BCUT2D eigenvalue weighted by molar-refractivity contribution is 5.78. The van der Waals surface area contributed by atoms with Crippen molar-refractivity contribution in [3.05, 3.63) is 0 Å². The molecule has 0 amide bonds. The van der Waals surface area contributed by atoms with Crippen LogP contribution in [0.15, 0.2) is 0 Å². The van der Waals surface area contributed by atoms with E-state index in [1.165, 1.54) is 19.3 Å². The van der Waals surface area contributed by atoms with Crippen LogP contribution < -0.4 is 5.32 Å². The average molecular weight is 243 g/mol. The maximum absolute atomic E-state index is 11.2. The molecule has 0 aromatic rings. The van der Waals surface area contributed by atoms with Crippen molar-refractivity contribution in [2.75, 3.05) is 13.2 Å². The molecule has 1 unspecified atom stereocenters. The quantitative estimate of drug-likeness (QED) is 0.719. The predicted molar refractivity (Wildman–Crippen MR) is 67.2 cm³/mol. The van der Waals surface area contributed by atoms with Gasteiger partial charge in [-0.25, -0.2) is 0 Å². The molecule has 1 saturated carbocycles. The molecule has 0 spiro atoms. The summed E-state index contributed by atoms with van der Waals surface area (Å²) in [4.78, 5) is 11.2. The van der Waals surface area contributed by atoms with Gasteiger partial charge in [-0.2, -0.15) is 0 Å². The lowest BCUT2D eigenvalue weighted by atomic mass is 9.96. The second-order valence-corrected chi connectivity index (χ2v) is 5.05. The third-order valence-corrected chi connectivity index (χ3v) is 3.55. The number of aliphatic carboxylic acids is 1. The molecule has 0 heterocycles. The van der Waals surface area contributed by atoms with Crippen molar-refractivity contribution in [2.24, 2.45) is 0 Å². The molecule has 0 bridgehead atoms.